The molecule has 4 fully saturated rings. The second-order valence-electron chi connectivity index (χ2n) is 18.4. The molecule has 2 aromatic carbocycles. The second kappa shape index (κ2) is 10.9. The molecule has 0 bridgehead atoms. The number of amides is 1. The van der Waals surface area contributed by atoms with E-state index < -0.39 is 17.2 Å². The van der Waals surface area contributed by atoms with Gasteiger partial charge in [0.15, 0.2) is 0 Å². The van der Waals surface area contributed by atoms with E-state index in [2.05, 4.69) is 70.6 Å². The van der Waals surface area contributed by atoms with Crippen molar-refractivity contribution in [2.75, 3.05) is 5.32 Å². The van der Waals surface area contributed by atoms with E-state index in [1.54, 1.807) is 0 Å². The zero-order valence-electron chi connectivity index (χ0n) is 30.4. The molecule has 5 unspecified atom stereocenters. The summed E-state index contributed by atoms with van der Waals surface area (Å²) in [7, 11) is 0. The first kappa shape index (κ1) is 34.4. The molecule has 268 valence electrons. The minimum Gasteiger partial charge on any atom is -0.358 e. The molecule has 8 rings (SSSR count). The Hall–Kier alpha value is -2.73. The lowest BCUT2D eigenvalue weighted by atomic mass is 9.32. The van der Waals surface area contributed by atoms with Crippen LogP contribution in [0.1, 0.15) is 110 Å². The highest BCUT2D eigenvalue weighted by Gasteiger charge is 2.72. The molecule has 3 nitrogen and oxygen atoms in total. The molecule has 50 heavy (non-hydrogen) atoms. The zero-order valence-corrected chi connectivity index (χ0v) is 31.2. The summed E-state index contributed by atoms with van der Waals surface area (Å²) >= 11 is 6.58. The monoisotopic (exact) mass is 704 g/mol. The molecule has 1 amide bonds. The Labute approximate surface area is 300 Å². The zero-order chi connectivity index (χ0) is 35.8. The minimum absolute atomic E-state index is 0.00151. The van der Waals surface area contributed by atoms with Crippen LogP contribution in [0.15, 0.2) is 54.6 Å². The van der Waals surface area contributed by atoms with Crippen molar-refractivity contribution >= 4 is 34.1 Å². The fraction of sp³-hybridized carbons (Fsp3) is 0.605. The van der Waals surface area contributed by atoms with Gasteiger partial charge in [0.25, 0.3) is 0 Å². The van der Waals surface area contributed by atoms with Crippen LogP contribution in [0.25, 0.3) is 10.9 Å². The molecule has 0 saturated heterocycles. The summed E-state index contributed by atoms with van der Waals surface area (Å²) in [5.41, 5.74) is 4.63. The molecule has 4 saturated carbocycles. The first-order valence-corrected chi connectivity index (χ1v) is 19.2. The Morgan fingerprint density at radius 1 is 0.900 bits per heavy atom. The Kier molecular flexibility index (Phi) is 7.49. The highest BCUT2D eigenvalue weighted by Crippen LogP contribution is 2.77. The number of carbonyl (C=O) groups excluding carboxylic acids is 1. The third kappa shape index (κ3) is 4.51. The van der Waals surface area contributed by atoms with Crippen molar-refractivity contribution < 1.29 is 18.0 Å². The third-order valence-electron chi connectivity index (χ3n) is 16.2. The number of nitrogens with one attached hydrogen (secondary N) is 2. The maximum atomic E-state index is 14.5. The molecular formula is C43H52ClF3N2O. The van der Waals surface area contributed by atoms with Crippen LogP contribution < -0.4 is 5.32 Å². The van der Waals surface area contributed by atoms with Crippen LogP contribution in [0.3, 0.4) is 0 Å². The smallest absolute Gasteiger partial charge is 0.358 e. The molecule has 1 heterocycles. The summed E-state index contributed by atoms with van der Waals surface area (Å²) in [6.45, 7) is 19.3. The summed E-state index contributed by atoms with van der Waals surface area (Å²) in [5.74, 6) is 1.88. The largest absolute Gasteiger partial charge is 0.416 e. The van der Waals surface area contributed by atoms with Crippen LogP contribution in [-0.4, -0.2) is 10.9 Å². The van der Waals surface area contributed by atoms with Gasteiger partial charge >= 0.3 is 6.18 Å². The summed E-state index contributed by atoms with van der Waals surface area (Å²) in [6.07, 6.45) is 4.78. The lowest BCUT2D eigenvalue weighted by molar-refractivity contribution is -0.224. The summed E-state index contributed by atoms with van der Waals surface area (Å²) in [4.78, 5) is 18.4. The van der Waals surface area contributed by atoms with Gasteiger partial charge in [-0.25, -0.2) is 0 Å². The molecule has 1 aromatic heterocycles. The van der Waals surface area contributed by atoms with Gasteiger partial charge < -0.3 is 10.3 Å². The number of halogens is 4. The van der Waals surface area contributed by atoms with Crippen LogP contribution in [0.2, 0.25) is 5.02 Å². The molecule has 7 heteroatoms. The SMILES string of the molecule is C=C(C)C1CC[C@]2(C(=O)Nc3ccc(C(F)(F)F)cc3)CC[C@]3(C)C(CCC4[C@@]5(C)Cc6c([nH]c7ccc(Cl)cc67)C(C)(C)C5CC[C@]43C)C12. The number of benzene rings is 2. The maximum absolute atomic E-state index is 14.5. The van der Waals surface area contributed by atoms with Crippen molar-refractivity contribution in [1.29, 1.82) is 0 Å². The van der Waals surface area contributed by atoms with Gasteiger partial charge in [0, 0.05) is 32.7 Å². The molecule has 0 aliphatic heterocycles. The van der Waals surface area contributed by atoms with Crippen molar-refractivity contribution in [1.82, 2.24) is 4.98 Å². The fourth-order valence-corrected chi connectivity index (χ4v) is 14.0. The Bertz CT molecular complexity index is 1890. The maximum Gasteiger partial charge on any atom is 0.416 e. The number of hydrogen-bond donors (Lipinski definition) is 2. The highest BCUT2D eigenvalue weighted by atomic mass is 35.5. The van der Waals surface area contributed by atoms with Gasteiger partial charge in [-0.05, 0) is 159 Å². The van der Waals surface area contributed by atoms with E-state index in [0.29, 0.717) is 23.4 Å². The average Bonchev–Trinajstić information content (AvgIpc) is 3.61. The van der Waals surface area contributed by atoms with Gasteiger partial charge in [-0.2, -0.15) is 13.2 Å². The summed E-state index contributed by atoms with van der Waals surface area (Å²) < 4.78 is 39.9. The van der Waals surface area contributed by atoms with E-state index in [9.17, 15) is 18.0 Å². The van der Waals surface area contributed by atoms with E-state index >= 15 is 0 Å². The third-order valence-corrected chi connectivity index (χ3v) is 16.4. The van der Waals surface area contributed by atoms with E-state index in [1.807, 2.05) is 6.07 Å². The van der Waals surface area contributed by atoms with E-state index in [4.69, 9.17) is 11.6 Å². The second-order valence-corrected chi connectivity index (χ2v) is 18.9. The number of rotatable bonds is 3. The summed E-state index contributed by atoms with van der Waals surface area (Å²) in [5, 5.41) is 5.16. The molecule has 2 N–H and O–H groups in total. The van der Waals surface area contributed by atoms with E-state index in [-0.39, 0.29) is 39.4 Å². The average molecular weight is 705 g/mol. The first-order chi connectivity index (χ1) is 23.4. The first-order valence-electron chi connectivity index (χ1n) is 18.8. The van der Waals surface area contributed by atoms with Gasteiger partial charge in [-0.3, -0.25) is 4.79 Å². The van der Waals surface area contributed by atoms with Crippen LogP contribution >= 0.6 is 11.6 Å². The number of fused-ring (bicyclic) bond motifs is 10. The van der Waals surface area contributed by atoms with Crippen LogP contribution in [0.5, 0.6) is 0 Å². The predicted molar refractivity (Wildman–Crippen MR) is 196 cm³/mol. The number of aromatic nitrogens is 1. The minimum atomic E-state index is -4.41. The highest BCUT2D eigenvalue weighted by molar-refractivity contribution is 6.31. The molecule has 5 aliphatic rings. The van der Waals surface area contributed by atoms with Gasteiger partial charge in [0.2, 0.25) is 5.91 Å². The number of alkyl halides is 3. The normalized spacial score (nSPS) is 38.7. The molecule has 3 aromatic rings. The van der Waals surface area contributed by atoms with Gasteiger partial charge in [0.1, 0.15) is 0 Å². The number of H-pyrrole nitrogens is 1. The van der Waals surface area contributed by atoms with Gasteiger partial charge in [0.05, 0.1) is 11.0 Å². The molecule has 0 spiro atoms. The Morgan fingerprint density at radius 3 is 2.30 bits per heavy atom. The van der Waals surface area contributed by atoms with E-state index in [1.165, 1.54) is 47.1 Å². The standard InChI is InChI=1S/C43H52ClF3N2O/c1-24(2)28-16-19-42(37(50)48-27-11-8-25(9-12-27)43(45,46)47)21-20-40(6)31(35(28)42)13-15-34-39(5)23-30-29-22-26(44)10-14-32(29)49-36(30)38(3,4)33(39)17-18-41(34,40)7/h8-12,14,22,28,31,33-35,49H,1,13,15-21,23H2,2-7H3,(H,48,50)/t28?,31?,33?,34?,35?,39-,40+,41+,42-/m0/s1. The number of carbonyl (C=O) groups is 1. The van der Waals surface area contributed by atoms with Crippen molar-refractivity contribution in [3.63, 3.8) is 0 Å². The quantitative estimate of drug-likeness (QED) is 0.262. The molecule has 9 atom stereocenters. The van der Waals surface area contributed by atoms with Crippen LogP contribution in [0, 0.1) is 51.2 Å². The van der Waals surface area contributed by atoms with Gasteiger partial charge in [-0.1, -0.05) is 58.4 Å². The lowest BCUT2D eigenvalue weighted by Gasteiger charge is -2.72. The number of aromatic amines is 1. The van der Waals surface area contributed by atoms with Crippen LogP contribution in [0.4, 0.5) is 18.9 Å². The fourth-order valence-electron chi connectivity index (χ4n) is 13.8. The Morgan fingerprint density at radius 2 is 1.62 bits per heavy atom. The van der Waals surface area contributed by atoms with Gasteiger partial charge in [-0.15, -0.1) is 0 Å². The number of anilines is 1. The van der Waals surface area contributed by atoms with Crippen molar-refractivity contribution in [2.45, 2.75) is 111 Å². The number of hydrogen-bond acceptors (Lipinski definition) is 1. The summed E-state index contributed by atoms with van der Waals surface area (Å²) in [6, 6.07) is 11.2. The van der Waals surface area contributed by atoms with Crippen molar-refractivity contribution in [3.05, 3.63) is 76.5 Å². The number of allylic oxidation sites excluding steroid dienone is 1. The van der Waals surface area contributed by atoms with E-state index in [0.717, 1.165) is 67.7 Å². The van der Waals surface area contributed by atoms with Crippen LogP contribution in [-0.2, 0) is 22.8 Å². The molecular weight excluding hydrogens is 653 g/mol. The predicted octanol–water partition coefficient (Wildman–Crippen LogP) is 12.2. The lowest BCUT2D eigenvalue weighted by Crippen LogP contribution is -2.67. The molecule has 5 aliphatic carbocycles. The van der Waals surface area contributed by atoms with Crippen molar-refractivity contribution in [3.8, 4) is 0 Å². The molecule has 0 radical (unpaired) electrons. The Balaban J connectivity index is 1.15. The van der Waals surface area contributed by atoms with Crippen molar-refractivity contribution in [2.24, 2.45) is 51.2 Å². The topological polar surface area (TPSA) is 44.9 Å².